The van der Waals surface area contributed by atoms with Gasteiger partial charge in [-0.3, -0.25) is 0 Å². The minimum atomic E-state index is -0.908. The van der Waals surface area contributed by atoms with E-state index in [0.29, 0.717) is 31.4 Å². The van der Waals surface area contributed by atoms with Crippen molar-refractivity contribution in [3.8, 4) is 0 Å². The molecule has 256 valence electrons. The van der Waals surface area contributed by atoms with Crippen LogP contribution in [0.2, 0.25) is 0 Å². The number of alkyl halides is 6. The summed E-state index contributed by atoms with van der Waals surface area (Å²) >= 11 is -0.563. The van der Waals surface area contributed by atoms with Crippen LogP contribution in [0.15, 0.2) is 38.2 Å². The number of nitrogens with one attached hydrogen (secondary N) is 4. The Morgan fingerprint density at radius 3 is 2.56 bits per heavy atom. The van der Waals surface area contributed by atoms with Gasteiger partial charge in [-0.05, 0) is 0 Å². The van der Waals surface area contributed by atoms with E-state index in [1.807, 2.05) is 20.2 Å². The zero-order valence-corrected chi connectivity index (χ0v) is 35.5. The molecule has 7 nitrogen and oxygen atoms in total. The van der Waals surface area contributed by atoms with Crippen LogP contribution in [0.3, 0.4) is 0 Å². The van der Waals surface area contributed by atoms with Crippen LogP contribution in [0.5, 0.6) is 0 Å². The van der Waals surface area contributed by atoms with Crippen LogP contribution in [0.4, 0.5) is 0 Å². The minimum absolute atomic E-state index is 0.0951. The predicted molar refractivity (Wildman–Crippen MR) is 190 cm³/mol. The Bertz CT molecular complexity index is 881. The molecule has 43 heavy (non-hydrogen) atoms. The number of unbranched alkanes of at least 4 members (excludes halogenated alkanes) is 1. The van der Waals surface area contributed by atoms with Crippen LogP contribution in [-0.2, 0) is 4.74 Å². The molecule has 0 aromatic heterocycles. The van der Waals surface area contributed by atoms with E-state index in [9.17, 15) is 0 Å². The van der Waals surface area contributed by atoms with Gasteiger partial charge in [0.05, 0.1) is 0 Å². The number of hydrazine groups is 1. The number of likely N-dealkylation sites (N-methyl/N-ethyl adjacent to an activating group) is 1. The topological polar surface area (TPSA) is 73.0 Å². The summed E-state index contributed by atoms with van der Waals surface area (Å²) in [6, 6.07) is 0.901. The molecule has 0 fully saturated rings. The van der Waals surface area contributed by atoms with Crippen molar-refractivity contribution in [3.63, 3.8) is 0 Å². The van der Waals surface area contributed by atoms with Gasteiger partial charge in [0.2, 0.25) is 0 Å². The van der Waals surface area contributed by atoms with E-state index < -0.39 is 19.8 Å². The van der Waals surface area contributed by atoms with Gasteiger partial charge in [-0.15, -0.1) is 0 Å². The van der Waals surface area contributed by atoms with Gasteiger partial charge in [0.15, 0.2) is 0 Å². The Balaban J connectivity index is 2.77. The molecule has 0 amide bonds. The van der Waals surface area contributed by atoms with Crippen molar-refractivity contribution in [1.82, 2.24) is 26.4 Å². The first-order valence-electron chi connectivity index (χ1n) is 16.2. The number of guanidine groups is 1. The molecule has 1 heterocycles. The van der Waals surface area contributed by atoms with Crippen molar-refractivity contribution >= 4 is 25.8 Å². The molecule has 1 rings (SSSR count). The molecule has 2 unspecified atom stereocenters. The SMILES string of the molecule is C=CC(C[I-][C@H](CCC)OC)NC(=NC)N/C(=C(\C)CCCC)C(C)N(C)NCCC[C@@H](C)NC1=C(C)C[I-]CI1CC. The van der Waals surface area contributed by atoms with E-state index in [0.717, 1.165) is 42.6 Å². The average molecular weight is 943 g/mol. The zero-order chi connectivity index (χ0) is 32.2. The first-order valence-corrected chi connectivity index (χ1v) is 26.1. The number of aliphatic imine (C=N–C) groups is 1. The summed E-state index contributed by atoms with van der Waals surface area (Å²) in [5.41, 5.74) is 8.01. The van der Waals surface area contributed by atoms with E-state index in [2.05, 4.69) is 93.5 Å². The molecule has 0 radical (unpaired) electrons. The molecular weight excluding hydrogens is 877 g/mol. The third kappa shape index (κ3) is 16.2. The van der Waals surface area contributed by atoms with Gasteiger partial charge in [-0.1, -0.05) is 0 Å². The number of nitrogens with zero attached hydrogens (tertiary/aromatic N) is 2. The Labute approximate surface area is 294 Å². The second kappa shape index (κ2) is 24.5. The number of methoxy groups -OCH3 is 1. The number of halogens is 3. The molecule has 0 saturated carbocycles. The number of hydrogen-bond donors (Lipinski definition) is 4. The summed E-state index contributed by atoms with van der Waals surface area (Å²) in [5, 5.41) is 13.6. The van der Waals surface area contributed by atoms with Gasteiger partial charge in [-0.2, -0.15) is 0 Å². The predicted octanol–water partition coefficient (Wildman–Crippen LogP) is 0.433. The van der Waals surface area contributed by atoms with Crippen molar-refractivity contribution in [1.29, 1.82) is 0 Å². The number of rotatable bonds is 22. The third-order valence-corrected chi connectivity index (χ3v) is 26.0. The number of hydrogen-bond acceptors (Lipinski definition) is 5. The van der Waals surface area contributed by atoms with Gasteiger partial charge in [-0.25, -0.2) is 0 Å². The van der Waals surface area contributed by atoms with Crippen molar-refractivity contribution in [3.05, 3.63) is 33.2 Å². The summed E-state index contributed by atoms with van der Waals surface area (Å²) in [6.45, 7) is 21.3. The molecule has 1 aliphatic heterocycles. The van der Waals surface area contributed by atoms with Gasteiger partial charge in [0, 0.05) is 0 Å². The van der Waals surface area contributed by atoms with E-state index in [4.69, 9.17) is 4.74 Å². The molecule has 10 heteroatoms. The van der Waals surface area contributed by atoms with E-state index >= 15 is 0 Å². The number of allylic oxidation sites excluding steroid dienone is 2. The fourth-order valence-corrected chi connectivity index (χ4v) is 23.7. The fourth-order valence-electron chi connectivity index (χ4n) is 4.73. The van der Waals surface area contributed by atoms with E-state index in [1.54, 1.807) is 11.7 Å². The second-order valence-electron chi connectivity index (χ2n) is 11.3. The van der Waals surface area contributed by atoms with E-state index in [1.165, 1.54) is 39.4 Å². The van der Waals surface area contributed by atoms with Crippen molar-refractivity contribution in [2.45, 2.75) is 116 Å². The summed E-state index contributed by atoms with van der Waals surface area (Å²) in [6.07, 6.45) is 10.1. The zero-order valence-electron chi connectivity index (χ0n) is 29.0. The van der Waals surface area contributed by atoms with Crippen LogP contribution in [0, 0.1) is 0 Å². The summed E-state index contributed by atoms with van der Waals surface area (Å²) < 4.78 is 13.3. The summed E-state index contributed by atoms with van der Waals surface area (Å²) in [7, 11) is 5.87. The molecule has 0 aliphatic carbocycles. The standard InChI is InChI=1S/C33H65I3N6O/c1-12-16-19-25(5)31(41-33(37-9)40-29(14-3)23-35-30(43-11)18-13-2)28(8)42(10)38-21-17-20-27(7)39-32-26(6)22-34-24-36(32)15-4/h14,27-30,38-39H,3,12-13,15-24H2,1-2,4-11H3,(H2,37,40,41)/q-2/b31-25+/t27-,28?,29?,30+/m1/s1. The quantitative estimate of drug-likeness (QED) is 0.0185. The van der Waals surface area contributed by atoms with Crippen molar-refractivity contribution in [2.75, 3.05) is 43.5 Å². The number of ether oxygens (including phenoxy) is 1. The molecule has 4 atom stereocenters. The normalized spacial score (nSPS) is 19.0. The third-order valence-electron chi connectivity index (χ3n) is 7.65. The van der Waals surface area contributed by atoms with Crippen LogP contribution in [0.25, 0.3) is 0 Å². The van der Waals surface area contributed by atoms with Crippen LogP contribution < -0.4 is 63.8 Å². The van der Waals surface area contributed by atoms with Gasteiger partial charge < -0.3 is 0 Å². The molecule has 0 bridgehead atoms. The molecule has 0 aromatic carbocycles. The van der Waals surface area contributed by atoms with Gasteiger partial charge >= 0.3 is 297 Å². The van der Waals surface area contributed by atoms with Crippen LogP contribution >= 0.6 is 19.8 Å². The Hall–Kier alpha value is 0.360. The maximum absolute atomic E-state index is 5.73. The van der Waals surface area contributed by atoms with E-state index in [-0.39, 0.29) is 33.3 Å². The second-order valence-corrected chi connectivity index (χ2v) is 26.0. The molecule has 0 spiro atoms. The summed E-state index contributed by atoms with van der Waals surface area (Å²) in [4.78, 5) is 4.61. The Kier molecular flexibility index (Phi) is 23.6. The first kappa shape index (κ1) is 41.4. The van der Waals surface area contributed by atoms with Gasteiger partial charge in [0.25, 0.3) is 0 Å². The van der Waals surface area contributed by atoms with Crippen LogP contribution in [-0.4, -0.2) is 76.7 Å². The molecular formula is C33H65I3N6O-2. The van der Waals surface area contributed by atoms with Crippen molar-refractivity contribution < 1.29 is 47.1 Å². The molecule has 1 aliphatic rings. The fraction of sp³-hybridized carbons (Fsp3) is 0.788. The molecule has 0 aromatic rings. The average Bonchev–Trinajstić information content (AvgIpc) is 3.01. The Morgan fingerprint density at radius 2 is 1.95 bits per heavy atom. The summed E-state index contributed by atoms with van der Waals surface area (Å²) in [5.74, 6) is 0.813. The van der Waals surface area contributed by atoms with Crippen molar-refractivity contribution in [2.24, 2.45) is 4.99 Å². The molecule has 4 N–H and O–H groups in total. The maximum atomic E-state index is 5.73. The van der Waals surface area contributed by atoms with Crippen LogP contribution in [0.1, 0.15) is 93.4 Å². The first-order chi connectivity index (χ1) is 20.6. The Morgan fingerprint density at radius 1 is 1.21 bits per heavy atom. The monoisotopic (exact) mass is 942 g/mol. The van der Waals surface area contributed by atoms with Gasteiger partial charge in [0.1, 0.15) is 0 Å². The molecule has 0 saturated heterocycles.